The van der Waals surface area contributed by atoms with Gasteiger partial charge in [0.25, 0.3) is 5.56 Å². The third-order valence-electron chi connectivity index (χ3n) is 4.44. The Bertz CT molecular complexity index is 1040. The number of thioether (sulfide) groups is 1. The minimum absolute atomic E-state index is 0.0233. The molecule has 2 aromatic carbocycles. The molecule has 3 aromatic rings. The second-order valence-electron chi connectivity index (χ2n) is 6.29. The number of Topliss-reactive ketones (excluding diaryl/α,β-unsaturated/α-hetero) is 1. The van der Waals surface area contributed by atoms with Crippen molar-refractivity contribution >= 4 is 28.4 Å². The van der Waals surface area contributed by atoms with Gasteiger partial charge in [0.05, 0.1) is 16.2 Å². The smallest absolute Gasteiger partial charge is 0.262 e. The van der Waals surface area contributed by atoms with Crippen LogP contribution in [0.1, 0.15) is 29.8 Å². The van der Waals surface area contributed by atoms with Crippen molar-refractivity contribution in [2.45, 2.75) is 37.2 Å². The number of para-hydroxylation sites is 1. The number of carbonyl (C=O) groups excluding carboxylic acids is 1. The maximum atomic E-state index is 12.8. The zero-order valence-corrected chi connectivity index (χ0v) is 16.3. The number of fused-ring (bicyclic) bond motifs is 1. The Balaban J connectivity index is 1.94. The lowest BCUT2D eigenvalue weighted by Crippen LogP contribution is -2.24. The molecule has 0 bridgehead atoms. The predicted molar refractivity (Wildman–Crippen MR) is 112 cm³/mol. The van der Waals surface area contributed by atoms with Crippen molar-refractivity contribution in [3.63, 3.8) is 0 Å². The third-order valence-corrected chi connectivity index (χ3v) is 5.53. The molecular formula is C22H22N2O2S. The minimum atomic E-state index is -0.360. The van der Waals surface area contributed by atoms with E-state index in [1.165, 1.54) is 17.3 Å². The summed E-state index contributed by atoms with van der Waals surface area (Å²) >= 11 is 1.31. The maximum absolute atomic E-state index is 12.8. The van der Waals surface area contributed by atoms with E-state index in [9.17, 15) is 9.59 Å². The fraction of sp³-hybridized carbons (Fsp3) is 0.227. The van der Waals surface area contributed by atoms with Crippen LogP contribution >= 0.6 is 11.8 Å². The average Bonchev–Trinajstić information content (AvgIpc) is 2.70. The van der Waals surface area contributed by atoms with Crippen molar-refractivity contribution in [2.24, 2.45) is 0 Å². The molecule has 1 heterocycles. The Morgan fingerprint density at radius 1 is 1.22 bits per heavy atom. The molecule has 4 nitrogen and oxygen atoms in total. The van der Waals surface area contributed by atoms with Gasteiger partial charge in [0.1, 0.15) is 0 Å². The van der Waals surface area contributed by atoms with E-state index in [0.717, 1.165) is 6.42 Å². The Labute approximate surface area is 162 Å². The van der Waals surface area contributed by atoms with Gasteiger partial charge in [-0.05, 0) is 31.0 Å². The SMILES string of the molecule is C=CCn1c(SC(C)C(=O)c2ccc(CC)cc2)nc2ccccc2c1=O. The van der Waals surface area contributed by atoms with Crippen molar-refractivity contribution in [3.8, 4) is 0 Å². The van der Waals surface area contributed by atoms with Gasteiger partial charge >= 0.3 is 0 Å². The molecule has 138 valence electrons. The Morgan fingerprint density at radius 3 is 2.59 bits per heavy atom. The summed E-state index contributed by atoms with van der Waals surface area (Å²) in [5, 5.41) is 0.740. The van der Waals surface area contributed by atoms with Crippen molar-refractivity contribution in [1.29, 1.82) is 0 Å². The molecule has 0 aliphatic heterocycles. The normalized spacial score (nSPS) is 12.1. The number of benzene rings is 2. The molecule has 5 heteroatoms. The second-order valence-corrected chi connectivity index (χ2v) is 7.60. The van der Waals surface area contributed by atoms with Crippen LogP contribution in [0.25, 0.3) is 10.9 Å². The third kappa shape index (κ3) is 4.03. The molecule has 0 aliphatic rings. The first-order valence-corrected chi connectivity index (χ1v) is 9.83. The quantitative estimate of drug-likeness (QED) is 0.263. The van der Waals surface area contributed by atoms with Crippen LogP contribution in [0.5, 0.6) is 0 Å². The molecule has 0 saturated carbocycles. The molecule has 1 aromatic heterocycles. The summed E-state index contributed by atoms with van der Waals surface area (Å²) in [4.78, 5) is 30.2. The largest absolute Gasteiger partial charge is 0.293 e. The molecule has 27 heavy (non-hydrogen) atoms. The van der Waals surface area contributed by atoms with Gasteiger partial charge in [-0.1, -0.05) is 61.2 Å². The topological polar surface area (TPSA) is 52.0 Å². The highest BCUT2D eigenvalue weighted by Crippen LogP contribution is 2.25. The first-order chi connectivity index (χ1) is 13.0. The van der Waals surface area contributed by atoms with E-state index in [1.807, 2.05) is 49.4 Å². The Morgan fingerprint density at radius 2 is 1.93 bits per heavy atom. The standard InChI is InChI=1S/C22H22N2O2S/c1-4-14-24-21(26)18-8-6-7-9-19(18)23-22(24)27-15(3)20(25)17-12-10-16(5-2)11-13-17/h4,6-13,15H,1,5,14H2,2-3H3. The van der Waals surface area contributed by atoms with E-state index in [2.05, 4.69) is 18.5 Å². The van der Waals surface area contributed by atoms with Crippen LogP contribution in [0, 0.1) is 0 Å². The van der Waals surface area contributed by atoms with Crippen LogP contribution in [0.15, 0.2) is 71.1 Å². The highest BCUT2D eigenvalue weighted by molar-refractivity contribution is 8.00. The molecule has 0 N–H and O–H groups in total. The summed E-state index contributed by atoms with van der Waals surface area (Å²) in [6, 6.07) is 14.9. The lowest BCUT2D eigenvalue weighted by molar-refractivity contribution is 0.0994. The Kier molecular flexibility index (Phi) is 5.91. The summed E-state index contributed by atoms with van der Waals surface area (Å²) in [5.74, 6) is 0.0233. The Hall–Kier alpha value is -2.66. The van der Waals surface area contributed by atoms with Crippen molar-refractivity contribution in [1.82, 2.24) is 9.55 Å². The summed E-state index contributed by atoms with van der Waals surface area (Å²) < 4.78 is 1.57. The van der Waals surface area contributed by atoms with Gasteiger partial charge in [0.2, 0.25) is 0 Å². The van der Waals surface area contributed by atoms with Crippen molar-refractivity contribution in [3.05, 3.63) is 82.7 Å². The molecule has 0 radical (unpaired) electrons. The molecule has 0 fully saturated rings. The summed E-state index contributed by atoms with van der Waals surface area (Å²) in [5.41, 5.74) is 2.39. The summed E-state index contributed by atoms with van der Waals surface area (Å²) in [7, 11) is 0. The molecule has 0 saturated heterocycles. The van der Waals surface area contributed by atoms with E-state index in [0.29, 0.717) is 28.2 Å². The summed E-state index contributed by atoms with van der Waals surface area (Å²) in [6.07, 6.45) is 2.60. The molecule has 0 aliphatic carbocycles. The maximum Gasteiger partial charge on any atom is 0.262 e. The predicted octanol–water partition coefficient (Wildman–Crippen LogP) is 4.51. The average molecular weight is 378 g/mol. The van der Waals surface area contributed by atoms with Crippen LogP contribution < -0.4 is 5.56 Å². The molecule has 3 rings (SSSR count). The number of hydrogen-bond donors (Lipinski definition) is 0. The fourth-order valence-corrected chi connectivity index (χ4v) is 3.87. The molecule has 0 amide bonds. The lowest BCUT2D eigenvalue weighted by atomic mass is 10.1. The number of ketones is 1. The van der Waals surface area contributed by atoms with Crippen LogP contribution in [0.4, 0.5) is 0 Å². The highest BCUT2D eigenvalue weighted by Gasteiger charge is 2.20. The fourth-order valence-electron chi connectivity index (χ4n) is 2.88. The van der Waals surface area contributed by atoms with Gasteiger partial charge in [-0.25, -0.2) is 4.98 Å². The second kappa shape index (κ2) is 8.35. The van der Waals surface area contributed by atoms with Crippen LogP contribution in [-0.4, -0.2) is 20.6 Å². The zero-order valence-electron chi connectivity index (χ0n) is 15.5. The number of hydrogen-bond acceptors (Lipinski definition) is 4. The van der Waals surface area contributed by atoms with Crippen molar-refractivity contribution in [2.75, 3.05) is 0 Å². The monoisotopic (exact) mass is 378 g/mol. The van der Waals surface area contributed by atoms with E-state index in [4.69, 9.17) is 0 Å². The van der Waals surface area contributed by atoms with Gasteiger partial charge in [0.15, 0.2) is 10.9 Å². The van der Waals surface area contributed by atoms with Crippen LogP contribution in [-0.2, 0) is 13.0 Å². The first-order valence-electron chi connectivity index (χ1n) is 8.95. The lowest BCUT2D eigenvalue weighted by Gasteiger charge is -2.15. The number of allylic oxidation sites excluding steroid dienone is 1. The van der Waals surface area contributed by atoms with Gasteiger partial charge in [-0.2, -0.15) is 0 Å². The van der Waals surface area contributed by atoms with Crippen LogP contribution in [0.2, 0.25) is 0 Å². The number of carbonyl (C=O) groups is 1. The first kappa shape index (κ1) is 19.1. The van der Waals surface area contributed by atoms with E-state index in [1.54, 1.807) is 16.7 Å². The van der Waals surface area contributed by atoms with E-state index >= 15 is 0 Å². The number of aromatic nitrogens is 2. The number of aryl methyl sites for hydroxylation is 1. The molecule has 0 spiro atoms. The zero-order chi connectivity index (χ0) is 19.4. The van der Waals surface area contributed by atoms with Gasteiger partial charge in [0, 0.05) is 12.1 Å². The van der Waals surface area contributed by atoms with Crippen LogP contribution in [0.3, 0.4) is 0 Å². The van der Waals surface area contributed by atoms with Crippen molar-refractivity contribution < 1.29 is 4.79 Å². The van der Waals surface area contributed by atoms with E-state index < -0.39 is 0 Å². The van der Waals surface area contributed by atoms with Gasteiger partial charge in [-0.3, -0.25) is 14.2 Å². The number of rotatable bonds is 7. The number of nitrogens with zero attached hydrogens (tertiary/aromatic N) is 2. The highest BCUT2D eigenvalue weighted by atomic mass is 32.2. The molecule has 1 unspecified atom stereocenters. The molecular weight excluding hydrogens is 356 g/mol. The molecule has 1 atom stereocenters. The summed E-state index contributed by atoms with van der Waals surface area (Å²) in [6.45, 7) is 8.02. The minimum Gasteiger partial charge on any atom is -0.293 e. The van der Waals surface area contributed by atoms with Gasteiger partial charge < -0.3 is 0 Å². The van der Waals surface area contributed by atoms with Gasteiger partial charge in [-0.15, -0.1) is 6.58 Å². The van der Waals surface area contributed by atoms with E-state index in [-0.39, 0.29) is 16.6 Å².